The lowest BCUT2D eigenvalue weighted by Crippen LogP contribution is -2.49. The van der Waals surface area contributed by atoms with E-state index in [1.165, 1.54) is 12.4 Å². The maximum atomic E-state index is 12.4. The fourth-order valence-electron chi connectivity index (χ4n) is 1.82. The molecular formula is C17H19N2O5. The molecule has 0 saturated heterocycles. The van der Waals surface area contributed by atoms with Crippen LogP contribution in [0.25, 0.3) is 6.08 Å². The van der Waals surface area contributed by atoms with Crippen molar-refractivity contribution in [3.63, 3.8) is 0 Å². The van der Waals surface area contributed by atoms with Crippen LogP contribution in [0, 0.1) is 0 Å². The summed E-state index contributed by atoms with van der Waals surface area (Å²) in [5.74, 6) is -0.727. The Morgan fingerprint density at radius 3 is 2.33 bits per heavy atom. The molecule has 0 N–H and O–H groups in total. The quantitative estimate of drug-likeness (QED) is 0.746. The second-order valence-electron chi connectivity index (χ2n) is 4.54. The van der Waals surface area contributed by atoms with Gasteiger partial charge in [-0.15, -0.1) is 0 Å². The zero-order valence-corrected chi connectivity index (χ0v) is 13.6. The summed E-state index contributed by atoms with van der Waals surface area (Å²) in [6.45, 7) is 2.67. The van der Waals surface area contributed by atoms with Gasteiger partial charge < -0.3 is 4.74 Å². The number of rotatable bonds is 6. The van der Waals surface area contributed by atoms with Crippen molar-refractivity contribution in [3.8, 4) is 0 Å². The molecule has 0 spiro atoms. The number of hydrogen-bond donors (Lipinski definition) is 0. The van der Waals surface area contributed by atoms with Crippen LogP contribution in [0.2, 0.25) is 0 Å². The van der Waals surface area contributed by atoms with Crippen molar-refractivity contribution in [1.29, 1.82) is 0 Å². The summed E-state index contributed by atoms with van der Waals surface area (Å²) in [6, 6.07) is 8.05. The molecule has 7 heteroatoms. The van der Waals surface area contributed by atoms with Crippen molar-refractivity contribution in [2.75, 3.05) is 19.7 Å². The molecule has 0 heterocycles. The third kappa shape index (κ3) is 5.35. The Balaban J connectivity index is 2.93. The summed E-state index contributed by atoms with van der Waals surface area (Å²) < 4.78 is 4.77. The van der Waals surface area contributed by atoms with Gasteiger partial charge in [-0.25, -0.2) is 14.5 Å². The van der Waals surface area contributed by atoms with Crippen LogP contribution in [0.3, 0.4) is 0 Å². The molecule has 0 aliphatic rings. The first kappa shape index (κ1) is 19.1. The van der Waals surface area contributed by atoms with Gasteiger partial charge in [-0.2, -0.15) is 0 Å². The Morgan fingerprint density at radius 2 is 1.79 bits per heavy atom. The van der Waals surface area contributed by atoms with E-state index in [4.69, 9.17) is 4.74 Å². The minimum absolute atomic E-state index is 0.00268. The smallest absolute Gasteiger partial charge is 0.417 e. The molecule has 1 aromatic rings. The topological polar surface area (TPSA) is 84.0 Å². The van der Waals surface area contributed by atoms with Gasteiger partial charge in [-0.1, -0.05) is 30.3 Å². The molecule has 1 rings (SSSR count). The largest absolute Gasteiger partial charge is 0.449 e. The van der Waals surface area contributed by atoms with Crippen LogP contribution in [-0.4, -0.2) is 53.8 Å². The number of carbonyl (C=O) groups is 3. The van der Waals surface area contributed by atoms with E-state index in [2.05, 4.69) is 0 Å². The molecule has 1 aromatic carbocycles. The summed E-state index contributed by atoms with van der Waals surface area (Å²) in [5.41, 5.74) is 0.756. The van der Waals surface area contributed by atoms with Crippen LogP contribution < -0.4 is 0 Å². The van der Waals surface area contributed by atoms with Gasteiger partial charge in [-0.05, 0) is 25.5 Å². The first-order chi connectivity index (χ1) is 11.5. The first-order valence-electron chi connectivity index (χ1n) is 7.43. The number of imide groups is 2. The number of amides is 4. The zero-order chi connectivity index (χ0) is 17.9. The molecule has 0 fully saturated rings. The fourth-order valence-corrected chi connectivity index (χ4v) is 1.82. The summed E-state index contributed by atoms with van der Waals surface area (Å²) in [4.78, 5) is 48.4. The van der Waals surface area contributed by atoms with Gasteiger partial charge in [0.25, 0.3) is 5.91 Å². The average molecular weight is 331 g/mol. The maximum absolute atomic E-state index is 12.4. The minimum atomic E-state index is -0.929. The molecule has 7 nitrogen and oxygen atoms in total. The summed E-state index contributed by atoms with van der Waals surface area (Å²) in [6.07, 6.45) is 3.29. The van der Waals surface area contributed by atoms with Crippen LogP contribution in [0.5, 0.6) is 0 Å². The molecule has 1 radical (unpaired) electrons. The first-order valence-corrected chi connectivity index (χ1v) is 7.43. The Morgan fingerprint density at radius 1 is 1.12 bits per heavy atom. The number of nitrogens with zero attached hydrogens (tertiary/aromatic N) is 2. The highest BCUT2D eigenvalue weighted by atomic mass is 16.6. The van der Waals surface area contributed by atoms with E-state index in [1.807, 2.05) is 6.07 Å². The second-order valence-corrected chi connectivity index (χ2v) is 4.54. The Bertz CT molecular complexity index is 613. The Kier molecular flexibility index (Phi) is 7.90. The predicted molar refractivity (Wildman–Crippen MR) is 87.7 cm³/mol. The van der Waals surface area contributed by atoms with E-state index < -0.39 is 24.6 Å². The summed E-state index contributed by atoms with van der Waals surface area (Å²) >= 11 is 0. The maximum Gasteiger partial charge on any atom is 0.417 e. The van der Waals surface area contributed by atoms with Crippen molar-refractivity contribution in [2.24, 2.45) is 0 Å². The molecule has 0 unspecified atom stereocenters. The average Bonchev–Trinajstić information content (AvgIpc) is 2.59. The number of ether oxygens (including phenoxy) is 1. The SMILES string of the molecule is CCOC(=O)N(CC)C(=O)N(C[C]=O)C(=O)C=Cc1ccccc1. The lowest BCUT2D eigenvalue weighted by molar-refractivity contribution is -0.123. The van der Waals surface area contributed by atoms with Gasteiger partial charge in [0.2, 0.25) is 6.29 Å². The van der Waals surface area contributed by atoms with Crippen LogP contribution in [0.15, 0.2) is 36.4 Å². The lowest BCUT2D eigenvalue weighted by Gasteiger charge is -2.24. The lowest BCUT2D eigenvalue weighted by atomic mass is 10.2. The van der Waals surface area contributed by atoms with Crippen LogP contribution in [0.1, 0.15) is 19.4 Å². The number of urea groups is 1. The van der Waals surface area contributed by atoms with E-state index >= 15 is 0 Å². The number of carbonyl (C=O) groups excluding carboxylic acids is 4. The molecule has 0 aliphatic heterocycles. The van der Waals surface area contributed by atoms with Gasteiger partial charge in [0, 0.05) is 12.6 Å². The van der Waals surface area contributed by atoms with Gasteiger partial charge in [0.05, 0.1) is 13.2 Å². The van der Waals surface area contributed by atoms with E-state index in [0.29, 0.717) is 4.90 Å². The van der Waals surface area contributed by atoms with Crippen molar-refractivity contribution >= 4 is 30.4 Å². The second kappa shape index (κ2) is 9.94. The highest BCUT2D eigenvalue weighted by molar-refractivity contribution is 6.06. The van der Waals surface area contributed by atoms with Gasteiger partial charge in [-0.3, -0.25) is 14.5 Å². The molecule has 0 atom stereocenters. The van der Waals surface area contributed by atoms with Crippen molar-refractivity contribution in [3.05, 3.63) is 42.0 Å². The van der Waals surface area contributed by atoms with Crippen molar-refractivity contribution in [2.45, 2.75) is 13.8 Å². The molecule has 4 amide bonds. The normalized spacial score (nSPS) is 10.2. The standard InChI is InChI=1S/C17H19N2O5/c1-3-18(17(23)24-4-2)16(22)19(12-13-20)15(21)11-10-14-8-6-5-7-9-14/h5-11H,3-4,12H2,1-2H3. The molecule has 0 bridgehead atoms. The van der Waals surface area contributed by atoms with Crippen LogP contribution in [-0.2, 0) is 14.3 Å². The highest BCUT2D eigenvalue weighted by Crippen LogP contribution is 2.06. The molecule has 0 aliphatic carbocycles. The third-order valence-electron chi connectivity index (χ3n) is 2.97. The van der Waals surface area contributed by atoms with Crippen LogP contribution in [0.4, 0.5) is 9.59 Å². The van der Waals surface area contributed by atoms with Gasteiger partial charge in [0.15, 0.2) is 0 Å². The van der Waals surface area contributed by atoms with E-state index in [-0.39, 0.29) is 13.2 Å². The zero-order valence-electron chi connectivity index (χ0n) is 13.6. The highest BCUT2D eigenvalue weighted by Gasteiger charge is 2.29. The number of hydrogen-bond acceptors (Lipinski definition) is 5. The van der Waals surface area contributed by atoms with E-state index in [1.54, 1.807) is 38.1 Å². The van der Waals surface area contributed by atoms with Gasteiger partial charge in [0.1, 0.15) is 0 Å². The molecule has 0 saturated carbocycles. The Labute approximate surface area is 140 Å². The summed E-state index contributed by atoms with van der Waals surface area (Å²) in [7, 11) is 0. The van der Waals surface area contributed by atoms with Crippen LogP contribution >= 0.6 is 0 Å². The molecule has 0 aromatic heterocycles. The minimum Gasteiger partial charge on any atom is -0.449 e. The fraction of sp³-hybridized carbons (Fsp3) is 0.294. The molecule has 24 heavy (non-hydrogen) atoms. The van der Waals surface area contributed by atoms with Crippen molar-refractivity contribution in [1.82, 2.24) is 9.80 Å². The van der Waals surface area contributed by atoms with Gasteiger partial charge >= 0.3 is 12.1 Å². The van der Waals surface area contributed by atoms with E-state index in [9.17, 15) is 19.2 Å². The number of benzene rings is 1. The molecule has 127 valence electrons. The molecular weight excluding hydrogens is 312 g/mol. The third-order valence-corrected chi connectivity index (χ3v) is 2.97. The van der Waals surface area contributed by atoms with Crippen molar-refractivity contribution < 1.29 is 23.9 Å². The predicted octanol–water partition coefficient (Wildman–Crippen LogP) is 2.24. The van der Waals surface area contributed by atoms with E-state index in [0.717, 1.165) is 16.5 Å². The Hall–Kier alpha value is -2.96. The monoisotopic (exact) mass is 331 g/mol. The summed E-state index contributed by atoms with van der Waals surface area (Å²) in [5, 5.41) is 0.